The molecule has 0 N–H and O–H groups in total. The first-order valence-corrected chi connectivity index (χ1v) is 40.9. The van der Waals surface area contributed by atoms with Crippen molar-refractivity contribution in [2.75, 3.05) is 0 Å². The average Bonchev–Trinajstić information content (AvgIpc) is 1.56. The van der Waals surface area contributed by atoms with E-state index in [9.17, 15) is 0 Å². The number of hydrogen-bond donors (Lipinski definition) is 0. The third-order valence-electron chi connectivity index (χ3n) is 22.5. The molecule has 4 unspecified atom stereocenters. The number of aryl methyl sites for hydroxylation is 4. The maximum atomic E-state index is 6.69. The molecule has 2 aliphatic carbocycles. The lowest BCUT2D eigenvalue weighted by Gasteiger charge is -2.32. The fourth-order valence-corrected chi connectivity index (χ4v) is 18.0. The lowest BCUT2D eigenvalue weighted by Crippen LogP contribution is -2.27. The molecule has 10 heteroatoms. The largest absolute Gasteiger partial charge is 0.832 e. The number of unbranched alkanes of at least 4 members (excludes halogenated alkanes) is 8. The highest BCUT2D eigenvalue weighted by atomic mass is 27.2. The molecule has 2 aliphatic heterocycles. The Labute approximate surface area is 595 Å². The van der Waals surface area contributed by atoms with Crippen LogP contribution in [-0.2, 0) is 21.7 Å². The molecule has 4 atom stereocenters. The zero-order chi connectivity index (χ0) is 67.7. The molecule has 4 aromatic carbocycles. The SMILES string of the molecule is C.CCCCC(C)(CCCC)c1cc(C)c2c(c1)C=NC1CCCCC1N=Cc1cc(C(C)(CCCC)CCCC)cc(C)c1[O][AlH][O]2.CCCCC(C)(CCCC)c1cc(C)c2c(c1)C=NC1CCCCC1N=Cc1cc(C(C)(CCCC)CCCC)cc(C)c1[O][AlH][O]2. The van der Waals surface area contributed by atoms with Crippen molar-refractivity contribution in [1.82, 2.24) is 0 Å². The summed E-state index contributed by atoms with van der Waals surface area (Å²) in [5.41, 5.74) is 15.6. The summed E-state index contributed by atoms with van der Waals surface area (Å²) in [6.45, 7) is 37.2. The summed E-state index contributed by atoms with van der Waals surface area (Å²) in [6, 6.07) is 19.9. The van der Waals surface area contributed by atoms with Crippen LogP contribution < -0.4 is 15.2 Å². The topological polar surface area (TPSA) is 86.4 Å². The number of rotatable bonds is 28. The van der Waals surface area contributed by atoms with Gasteiger partial charge >= 0.3 is 31.8 Å². The van der Waals surface area contributed by atoms with Crippen molar-refractivity contribution in [3.05, 3.63) is 115 Å². The molecule has 4 aromatic rings. The van der Waals surface area contributed by atoms with Crippen molar-refractivity contribution < 1.29 is 15.2 Å². The van der Waals surface area contributed by atoms with E-state index >= 15 is 0 Å². The maximum absolute atomic E-state index is 6.69. The summed E-state index contributed by atoms with van der Waals surface area (Å²) in [5, 5.41) is 0. The van der Waals surface area contributed by atoms with Gasteiger partial charge in [0.05, 0.1) is 47.2 Å². The first-order valence-electron chi connectivity index (χ1n) is 38.6. The highest BCUT2D eigenvalue weighted by molar-refractivity contribution is 6.22. The van der Waals surface area contributed by atoms with Gasteiger partial charge in [-0.1, -0.05) is 243 Å². The monoisotopic (exact) mass is 1330 g/mol. The van der Waals surface area contributed by atoms with Gasteiger partial charge in [0.1, 0.15) is 0 Å². The summed E-state index contributed by atoms with van der Waals surface area (Å²) in [6.07, 6.45) is 47.2. The van der Waals surface area contributed by atoms with Crippen LogP contribution in [0, 0.1) is 27.7 Å². The van der Waals surface area contributed by atoms with Crippen molar-refractivity contribution in [3.63, 3.8) is 0 Å². The minimum atomic E-state index is -1.38. The van der Waals surface area contributed by atoms with Gasteiger partial charge in [-0.05, 0) is 195 Å². The Morgan fingerprint density at radius 2 is 0.495 bits per heavy atom. The molecule has 4 aliphatic rings. The Morgan fingerprint density at radius 1 is 0.316 bits per heavy atom. The molecule has 0 saturated heterocycles. The molecule has 2 saturated carbocycles. The molecule has 0 bridgehead atoms. The van der Waals surface area contributed by atoms with E-state index in [1.807, 2.05) is 0 Å². The molecule has 2 heterocycles. The molecule has 0 amide bonds. The Morgan fingerprint density at radius 3 is 0.663 bits per heavy atom. The van der Waals surface area contributed by atoms with Gasteiger partial charge < -0.3 is 15.2 Å². The minimum absolute atomic E-state index is 0. The van der Waals surface area contributed by atoms with Crippen molar-refractivity contribution in [1.29, 1.82) is 0 Å². The molecular weight excluding hydrogens is 1190 g/mol. The van der Waals surface area contributed by atoms with Crippen LogP contribution in [0.4, 0.5) is 0 Å². The van der Waals surface area contributed by atoms with E-state index in [-0.39, 0.29) is 53.3 Å². The molecule has 0 radical (unpaired) electrons. The van der Waals surface area contributed by atoms with E-state index < -0.39 is 31.8 Å². The standard InChI is InChI=1S/2C42H66N2O2.CH4.2Al.2H/c2*1-9-13-21-41(7,22-14-10-2)35-25-31(5)39(45)33(27-35)29-43-37-19-17-18-20-38(37)44-30-34-28-36(26-32(6)40(34)46)42(8,23-15-11-3)24-16-12-4;;;;;/h2*25-30,37-38,45-46H,9-24H2,1-8H3;1H4;;;;/q;;;2*+2;;/p-4. The quantitative estimate of drug-likeness (QED) is 0.0530. The van der Waals surface area contributed by atoms with Gasteiger partial charge in [-0.2, -0.15) is 0 Å². The maximum Gasteiger partial charge on any atom is 0.832 e. The normalized spacial score (nSPS) is 18.2. The van der Waals surface area contributed by atoms with Gasteiger partial charge in [-0.3, -0.25) is 20.0 Å². The smallest absolute Gasteiger partial charge is 0.614 e. The van der Waals surface area contributed by atoms with E-state index in [1.165, 1.54) is 224 Å². The van der Waals surface area contributed by atoms with Gasteiger partial charge in [-0.25, -0.2) is 0 Å². The van der Waals surface area contributed by atoms with Gasteiger partial charge in [0.2, 0.25) is 0 Å². The van der Waals surface area contributed by atoms with Gasteiger partial charge in [-0.15, -0.1) is 0 Å². The van der Waals surface area contributed by atoms with Gasteiger partial charge in [0.15, 0.2) is 0 Å². The molecule has 8 nitrogen and oxygen atoms in total. The third kappa shape index (κ3) is 21.9. The lowest BCUT2D eigenvalue weighted by atomic mass is 9.73. The van der Waals surface area contributed by atoms with Gasteiger partial charge in [0, 0.05) is 47.1 Å². The summed E-state index contributed by atoms with van der Waals surface area (Å²) in [7, 11) is 0. The highest BCUT2D eigenvalue weighted by Crippen LogP contribution is 2.44. The van der Waals surface area contributed by atoms with Crippen molar-refractivity contribution in [2.45, 2.75) is 370 Å². The zero-order valence-corrected chi connectivity index (χ0v) is 65.5. The molecule has 0 spiro atoms. The Balaban J connectivity index is 0.000000298. The van der Waals surface area contributed by atoms with Gasteiger partial charge in [0.25, 0.3) is 0 Å². The Hall–Kier alpha value is -4.18. The second kappa shape index (κ2) is 39.6. The molecular formula is C85H134Al2N4O4. The van der Waals surface area contributed by atoms with Crippen LogP contribution in [0.15, 0.2) is 68.5 Å². The number of aliphatic imine (C=N–C) groups is 4. The Bertz CT molecular complexity index is 2670. The third-order valence-corrected chi connectivity index (χ3v) is 24.1. The van der Waals surface area contributed by atoms with E-state index in [2.05, 4.69) is 184 Å². The number of benzene rings is 4. The van der Waals surface area contributed by atoms with E-state index in [0.29, 0.717) is 0 Å². The zero-order valence-electron chi connectivity index (χ0n) is 62.7. The van der Waals surface area contributed by atoms with Crippen LogP contribution in [0.2, 0.25) is 0 Å². The van der Waals surface area contributed by atoms with Crippen LogP contribution >= 0.6 is 0 Å². The van der Waals surface area contributed by atoms with Crippen LogP contribution in [0.3, 0.4) is 0 Å². The summed E-state index contributed by atoms with van der Waals surface area (Å²) in [5.74, 6) is 3.81. The van der Waals surface area contributed by atoms with E-state index in [1.54, 1.807) is 0 Å². The van der Waals surface area contributed by atoms with Crippen molar-refractivity contribution >= 4 is 56.6 Å². The summed E-state index contributed by atoms with van der Waals surface area (Å²) >= 11 is -2.76. The van der Waals surface area contributed by atoms with Crippen LogP contribution in [-0.4, -0.2) is 80.8 Å². The average molecular weight is 1330 g/mol. The molecule has 95 heavy (non-hydrogen) atoms. The van der Waals surface area contributed by atoms with Crippen molar-refractivity contribution in [3.8, 4) is 23.0 Å². The second-order valence-corrected chi connectivity index (χ2v) is 32.3. The van der Waals surface area contributed by atoms with Crippen LogP contribution in [0.5, 0.6) is 23.0 Å². The summed E-state index contributed by atoms with van der Waals surface area (Å²) in [4.78, 5) is 21.2. The lowest BCUT2D eigenvalue weighted by molar-refractivity contribution is 0.373. The fourth-order valence-electron chi connectivity index (χ4n) is 15.8. The number of nitrogens with zero attached hydrogens (tertiary/aromatic N) is 4. The van der Waals surface area contributed by atoms with E-state index in [0.717, 1.165) is 70.9 Å². The van der Waals surface area contributed by atoms with Crippen LogP contribution in [0.25, 0.3) is 0 Å². The molecule has 2 fully saturated rings. The molecule has 0 aromatic heterocycles. The highest BCUT2D eigenvalue weighted by Gasteiger charge is 2.34. The van der Waals surface area contributed by atoms with Crippen molar-refractivity contribution in [2.24, 2.45) is 20.0 Å². The predicted octanol–water partition coefficient (Wildman–Crippen LogP) is 23.6. The molecule has 8 rings (SSSR count). The number of hydrogen-bond acceptors (Lipinski definition) is 8. The number of fused-ring (bicyclic) bond motifs is 6. The minimum Gasteiger partial charge on any atom is -0.614 e. The van der Waals surface area contributed by atoms with E-state index in [4.69, 9.17) is 35.1 Å². The predicted molar refractivity (Wildman–Crippen MR) is 416 cm³/mol. The second-order valence-electron chi connectivity index (χ2n) is 30.7. The summed E-state index contributed by atoms with van der Waals surface area (Å²) < 4.78 is 26.8. The first-order chi connectivity index (χ1) is 45.3. The first kappa shape index (κ1) is 79.8. The molecule has 524 valence electrons. The Kier molecular flexibility index (Phi) is 33.2. The fraction of sp³-hybridized carbons (Fsp3) is 0.671. The van der Waals surface area contributed by atoms with Crippen LogP contribution in [0.1, 0.15) is 363 Å².